The Balaban J connectivity index is 1.80. The van der Waals surface area contributed by atoms with Crippen LogP contribution in [0.5, 0.6) is 0 Å². The maximum Gasteiger partial charge on any atom is 0.146 e. The zero-order valence-corrected chi connectivity index (χ0v) is 12.5. The summed E-state index contributed by atoms with van der Waals surface area (Å²) in [5.74, 6) is 1.05. The Morgan fingerprint density at radius 2 is 2.21 bits per heavy atom. The molecule has 0 bridgehead atoms. The third kappa shape index (κ3) is 4.01. The number of nitrogens with one attached hydrogen (secondary N) is 1. The van der Waals surface area contributed by atoms with Crippen LogP contribution >= 0.6 is 0 Å². The van der Waals surface area contributed by atoms with Gasteiger partial charge in [0.1, 0.15) is 12.2 Å². The fourth-order valence-corrected chi connectivity index (χ4v) is 2.75. The minimum Gasteiger partial charge on any atom is -0.317 e. The smallest absolute Gasteiger partial charge is 0.146 e. The molecule has 0 saturated carbocycles. The molecule has 0 radical (unpaired) electrons. The van der Waals surface area contributed by atoms with E-state index in [0.29, 0.717) is 12.1 Å². The third-order valence-corrected chi connectivity index (χ3v) is 4.08. The van der Waals surface area contributed by atoms with Crippen LogP contribution in [-0.2, 0) is 13.1 Å². The van der Waals surface area contributed by atoms with Crippen LogP contribution in [0.2, 0.25) is 0 Å². The van der Waals surface area contributed by atoms with Gasteiger partial charge in [-0.05, 0) is 53.1 Å². The van der Waals surface area contributed by atoms with Crippen LogP contribution < -0.4 is 5.32 Å². The Kier molecular flexibility index (Phi) is 5.34. The van der Waals surface area contributed by atoms with Crippen molar-refractivity contribution in [2.75, 3.05) is 13.1 Å². The number of hydrogen-bond acceptors (Lipinski definition) is 4. The van der Waals surface area contributed by atoms with Gasteiger partial charge in [0.15, 0.2) is 0 Å². The maximum atomic E-state index is 4.18. The van der Waals surface area contributed by atoms with E-state index in [0.717, 1.165) is 18.9 Å². The molecule has 1 aromatic rings. The number of hydrogen-bond donors (Lipinski definition) is 1. The highest BCUT2D eigenvalue weighted by atomic mass is 15.3. The SMILES string of the molecule is CCn1cnnc1CNC1CCCN(C(C)C)CC1. The van der Waals surface area contributed by atoms with Gasteiger partial charge in [-0.3, -0.25) is 0 Å². The molecule has 1 unspecified atom stereocenters. The average Bonchev–Trinajstić information content (AvgIpc) is 2.72. The van der Waals surface area contributed by atoms with Crippen molar-refractivity contribution in [3.63, 3.8) is 0 Å². The number of aryl methyl sites for hydroxylation is 1. The van der Waals surface area contributed by atoms with Crippen LogP contribution in [0.1, 0.15) is 45.9 Å². The van der Waals surface area contributed by atoms with Crippen molar-refractivity contribution in [1.82, 2.24) is 25.0 Å². The van der Waals surface area contributed by atoms with Gasteiger partial charge in [-0.2, -0.15) is 0 Å². The van der Waals surface area contributed by atoms with E-state index in [1.807, 2.05) is 6.33 Å². The normalized spacial score (nSPS) is 21.8. The standard InChI is InChI=1S/C14H27N5/c1-4-18-11-16-17-14(18)10-15-13-6-5-8-19(9-7-13)12(2)3/h11-13,15H,4-10H2,1-3H3. The van der Waals surface area contributed by atoms with E-state index in [4.69, 9.17) is 0 Å². The molecule has 1 fully saturated rings. The summed E-state index contributed by atoms with van der Waals surface area (Å²) in [6, 6.07) is 1.28. The predicted octanol–water partition coefficient (Wildman–Crippen LogP) is 1.65. The van der Waals surface area contributed by atoms with E-state index >= 15 is 0 Å². The summed E-state index contributed by atoms with van der Waals surface area (Å²) in [5.41, 5.74) is 0. The Bertz CT molecular complexity index is 374. The van der Waals surface area contributed by atoms with Gasteiger partial charge in [-0.15, -0.1) is 10.2 Å². The first-order chi connectivity index (χ1) is 9.20. The molecule has 19 heavy (non-hydrogen) atoms. The molecule has 1 saturated heterocycles. The largest absolute Gasteiger partial charge is 0.317 e. The molecule has 0 spiro atoms. The van der Waals surface area contributed by atoms with Crippen molar-refractivity contribution < 1.29 is 0 Å². The second-order valence-electron chi connectivity index (χ2n) is 5.67. The lowest BCUT2D eigenvalue weighted by atomic mass is 10.1. The zero-order chi connectivity index (χ0) is 13.7. The molecule has 0 aliphatic carbocycles. The lowest BCUT2D eigenvalue weighted by molar-refractivity contribution is 0.229. The van der Waals surface area contributed by atoms with Crippen molar-refractivity contribution in [3.05, 3.63) is 12.2 Å². The molecule has 5 nitrogen and oxygen atoms in total. The van der Waals surface area contributed by atoms with E-state index in [1.165, 1.54) is 32.4 Å². The molecule has 5 heteroatoms. The molecule has 1 aliphatic rings. The van der Waals surface area contributed by atoms with Crippen molar-refractivity contribution in [2.45, 2.75) is 65.2 Å². The average molecular weight is 265 g/mol. The van der Waals surface area contributed by atoms with Crippen LogP contribution in [-0.4, -0.2) is 44.8 Å². The van der Waals surface area contributed by atoms with Gasteiger partial charge in [-0.25, -0.2) is 0 Å². The summed E-state index contributed by atoms with van der Waals surface area (Å²) in [6.07, 6.45) is 5.60. The molecule has 0 aromatic carbocycles. The van der Waals surface area contributed by atoms with Gasteiger partial charge in [0.25, 0.3) is 0 Å². The van der Waals surface area contributed by atoms with Gasteiger partial charge < -0.3 is 14.8 Å². The zero-order valence-electron chi connectivity index (χ0n) is 12.5. The van der Waals surface area contributed by atoms with Gasteiger partial charge in [0, 0.05) is 18.6 Å². The molecule has 2 heterocycles. The molecular formula is C14H27N5. The maximum absolute atomic E-state index is 4.18. The van der Waals surface area contributed by atoms with Crippen LogP contribution in [0, 0.1) is 0 Å². The summed E-state index contributed by atoms with van der Waals surface area (Å²) in [6.45, 7) is 10.9. The van der Waals surface area contributed by atoms with Gasteiger partial charge in [0.05, 0.1) is 6.54 Å². The van der Waals surface area contributed by atoms with Gasteiger partial charge >= 0.3 is 0 Å². The topological polar surface area (TPSA) is 46.0 Å². The number of nitrogens with zero attached hydrogens (tertiary/aromatic N) is 4. The van der Waals surface area contributed by atoms with E-state index in [9.17, 15) is 0 Å². The highest BCUT2D eigenvalue weighted by molar-refractivity contribution is 4.86. The van der Waals surface area contributed by atoms with Crippen molar-refractivity contribution in [3.8, 4) is 0 Å². The fraction of sp³-hybridized carbons (Fsp3) is 0.857. The Morgan fingerprint density at radius 3 is 2.95 bits per heavy atom. The quantitative estimate of drug-likeness (QED) is 0.879. The van der Waals surface area contributed by atoms with Crippen molar-refractivity contribution >= 4 is 0 Å². The molecule has 1 aliphatic heterocycles. The Hall–Kier alpha value is -0.940. The van der Waals surface area contributed by atoms with Crippen molar-refractivity contribution in [1.29, 1.82) is 0 Å². The summed E-state index contributed by atoms with van der Waals surface area (Å²) >= 11 is 0. The fourth-order valence-electron chi connectivity index (χ4n) is 2.75. The summed E-state index contributed by atoms with van der Waals surface area (Å²) < 4.78 is 2.10. The Morgan fingerprint density at radius 1 is 1.37 bits per heavy atom. The molecule has 108 valence electrons. The molecule has 1 N–H and O–H groups in total. The predicted molar refractivity (Wildman–Crippen MR) is 76.9 cm³/mol. The number of aromatic nitrogens is 3. The summed E-state index contributed by atoms with van der Waals surface area (Å²) in [4.78, 5) is 2.58. The Labute approximate surface area is 116 Å². The third-order valence-electron chi connectivity index (χ3n) is 4.08. The second-order valence-corrected chi connectivity index (χ2v) is 5.67. The van der Waals surface area contributed by atoms with Gasteiger partial charge in [-0.1, -0.05) is 0 Å². The highest BCUT2D eigenvalue weighted by Gasteiger charge is 2.18. The molecule has 0 amide bonds. The summed E-state index contributed by atoms with van der Waals surface area (Å²) in [5, 5.41) is 11.8. The first kappa shape index (κ1) is 14.5. The molecule has 1 atom stereocenters. The van der Waals surface area contributed by atoms with Crippen LogP contribution in [0.3, 0.4) is 0 Å². The highest BCUT2D eigenvalue weighted by Crippen LogP contribution is 2.13. The van der Waals surface area contributed by atoms with Gasteiger partial charge in [0.2, 0.25) is 0 Å². The lowest BCUT2D eigenvalue weighted by Gasteiger charge is -2.24. The lowest BCUT2D eigenvalue weighted by Crippen LogP contribution is -2.34. The van der Waals surface area contributed by atoms with E-state index in [2.05, 4.69) is 45.8 Å². The van der Waals surface area contributed by atoms with E-state index in [-0.39, 0.29) is 0 Å². The van der Waals surface area contributed by atoms with Crippen LogP contribution in [0.25, 0.3) is 0 Å². The summed E-state index contributed by atoms with van der Waals surface area (Å²) in [7, 11) is 0. The monoisotopic (exact) mass is 265 g/mol. The van der Waals surface area contributed by atoms with Crippen LogP contribution in [0.15, 0.2) is 6.33 Å². The minimum absolute atomic E-state index is 0.616. The number of rotatable bonds is 5. The van der Waals surface area contributed by atoms with Crippen molar-refractivity contribution in [2.24, 2.45) is 0 Å². The van der Waals surface area contributed by atoms with E-state index in [1.54, 1.807) is 0 Å². The van der Waals surface area contributed by atoms with E-state index < -0.39 is 0 Å². The first-order valence-electron chi connectivity index (χ1n) is 7.54. The number of likely N-dealkylation sites (tertiary alicyclic amines) is 1. The second kappa shape index (κ2) is 7.01. The molecule has 1 aromatic heterocycles. The van der Waals surface area contributed by atoms with Crippen LogP contribution in [0.4, 0.5) is 0 Å². The minimum atomic E-state index is 0.616. The molecule has 2 rings (SSSR count). The first-order valence-corrected chi connectivity index (χ1v) is 7.54. The molecular weight excluding hydrogens is 238 g/mol.